The highest BCUT2D eigenvalue weighted by molar-refractivity contribution is 6.28. The first-order valence-electron chi connectivity index (χ1n) is 4.54. The largest absolute Gasteiger partial charge is 0.467 e. The summed E-state index contributed by atoms with van der Waals surface area (Å²) >= 11 is 5.71. The lowest BCUT2D eigenvalue weighted by Gasteiger charge is -2.16. The number of hydrogen-bond donors (Lipinski definition) is 1. The molecule has 1 heterocycles. The van der Waals surface area contributed by atoms with Gasteiger partial charge in [0.2, 0.25) is 11.2 Å². The van der Waals surface area contributed by atoms with Crippen LogP contribution in [-0.4, -0.2) is 42.2 Å². The number of aromatic nitrogens is 3. The van der Waals surface area contributed by atoms with Gasteiger partial charge in [-0.05, 0) is 24.6 Å². The van der Waals surface area contributed by atoms with Crippen molar-refractivity contribution in [2.24, 2.45) is 5.73 Å². The second kappa shape index (κ2) is 5.67. The zero-order valence-electron chi connectivity index (χ0n) is 8.77. The van der Waals surface area contributed by atoms with Gasteiger partial charge in [0.25, 0.3) is 0 Å². The van der Waals surface area contributed by atoms with E-state index in [1.807, 2.05) is 11.9 Å². The Morgan fingerprint density at radius 1 is 1.40 bits per heavy atom. The van der Waals surface area contributed by atoms with E-state index in [1.54, 1.807) is 0 Å². The van der Waals surface area contributed by atoms with Gasteiger partial charge in [-0.25, -0.2) is 0 Å². The first-order valence-corrected chi connectivity index (χ1v) is 4.92. The summed E-state index contributed by atoms with van der Waals surface area (Å²) in [5.74, 6) is 0.486. The monoisotopic (exact) mass is 231 g/mol. The Kier molecular flexibility index (Phi) is 4.51. The molecule has 84 valence electrons. The summed E-state index contributed by atoms with van der Waals surface area (Å²) in [4.78, 5) is 13.7. The number of methoxy groups -OCH3 is 1. The first-order chi connectivity index (χ1) is 7.17. The molecule has 15 heavy (non-hydrogen) atoms. The van der Waals surface area contributed by atoms with Crippen LogP contribution in [0.15, 0.2) is 0 Å². The average molecular weight is 232 g/mol. The Morgan fingerprint density at radius 2 is 2.13 bits per heavy atom. The standard InChI is InChI=1S/C8H14ClN5O/c1-14(5-3-4-10)7-11-6(9)12-8(13-7)15-2/h3-5,10H2,1-2H3. The van der Waals surface area contributed by atoms with Gasteiger partial charge in [-0.3, -0.25) is 0 Å². The van der Waals surface area contributed by atoms with Gasteiger partial charge in [-0.15, -0.1) is 0 Å². The average Bonchev–Trinajstić information content (AvgIpc) is 2.24. The molecule has 1 rings (SSSR count). The summed E-state index contributed by atoms with van der Waals surface area (Å²) in [5.41, 5.74) is 5.41. The van der Waals surface area contributed by atoms with Crippen molar-refractivity contribution in [3.8, 4) is 6.01 Å². The predicted molar refractivity (Wildman–Crippen MR) is 58.3 cm³/mol. The third kappa shape index (κ3) is 3.49. The van der Waals surface area contributed by atoms with E-state index in [-0.39, 0.29) is 11.3 Å². The number of ether oxygens (including phenoxy) is 1. The fourth-order valence-electron chi connectivity index (χ4n) is 1.01. The minimum absolute atomic E-state index is 0.122. The third-order valence-corrected chi connectivity index (χ3v) is 1.97. The highest BCUT2D eigenvalue weighted by atomic mass is 35.5. The number of anilines is 1. The maximum atomic E-state index is 5.71. The Morgan fingerprint density at radius 3 is 2.73 bits per heavy atom. The van der Waals surface area contributed by atoms with Crippen molar-refractivity contribution in [2.75, 3.05) is 32.1 Å². The Labute approximate surface area is 93.4 Å². The summed E-state index contributed by atoms with van der Waals surface area (Å²) in [7, 11) is 3.34. The molecule has 0 fully saturated rings. The van der Waals surface area contributed by atoms with E-state index in [2.05, 4.69) is 15.0 Å². The molecule has 0 spiro atoms. The second-order valence-corrected chi connectivity index (χ2v) is 3.29. The van der Waals surface area contributed by atoms with Crippen LogP contribution in [0.3, 0.4) is 0 Å². The lowest BCUT2D eigenvalue weighted by molar-refractivity contribution is 0.378. The molecular weight excluding hydrogens is 218 g/mol. The van der Waals surface area contributed by atoms with E-state index in [4.69, 9.17) is 22.1 Å². The Bertz CT molecular complexity index is 322. The van der Waals surface area contributed by atoms with Crippen LogP contribution in [0.2, 0.25) is 5.28 Å². The van der Waals surface area contributed by atoms with Crippen molar-refractivity contribution < 1.29 is 4.74 Å². The van der Waals surface area contributed by atoms with Crippen molar-refractivity contribution in [1.29, 1.82) is 0 Å². The summed E-state index contributed by atoms with van der Waals surface area (Å²) < 4.78 is 4.89. The van der Waals surface area contributed by atoms with Gasteiger partial charge in [0.1, 0.15) is 0 Å². The highest BCUT2D eigenvalue weighted by Crippen LogP contribution is 2.13. The molecule has 0 aromatic carbocycles. The maximum absolute atomic E-state index is 5.71. The fraction of sp³-hybridized carbons (Fsp3) is 0.625. The summed E-state index contributed by atoms with van der Waals surface area (Å²) in [6.07, 6.45) is 0.863. The van der Waals surface area contributed by atoms with E-state index in [0.29, 0.717) is 12.5 Å². The lowest BCUT2D eigenvalue weighted by Crippen LogP contribution is -2.23. The van der Waals surface area contributed by atoms with Crippen molar-refractivity contribution in [1.82, 2.24) is 15.0 Å². The van der Waals surface area contributed by atoms with Gasteiger partial charge < -0.3 is 15.4 Å². The predicted octanol–water partition coefficient (Wildman–Crippen LogP) is 0.319. The SMILES string of the molecule is COc1nc(Cl)nc(N(C)CCCN)n1. The topological polar surface area (TPSA) is 77.2 Å². The van der Waals surface area contributed by atoms with Gasteiger partial charge in [-0.1, -0.05) is 0 Å². The number of rotatable bonds is 5. The molecule has 0 saturated carbocycles. The molecule has 0 aliphatic heterocycles. The number of halogens is 1. The van der Waals surface area contributed by atoms with Gasteiger partial charge in [-0.2, -0.15) is 15.0 Å². The molecule has 1 aromatic rings. The lowest BCUT2D eigenvalue weighted by atomic mass is 10.4. The molecule has 0 amide bonds. The number of nitrogens with zero attached hydrogens (tertiary/aromatic N) is 4. The number of nitrogens with two attached hydrogens (primary N) is 1. The van der Waals surface area contributed by atoms with Gasteiger partial charge in [0, 0.05) is 13.6 Å². The van der Waals surface area contributed by atoms with E-state index in [0.717, 1.165) is 13.0 Å². The molecule has 7 heteroatoms. The molecule has 6 nitrogen and oxygen atoms in total. The molecule has 0 saturated heterocycles. The zero-order valence-corrected chi connectivity index (χ0v) is 9.53. The highest BCUT2D eigenvalue weighted by Gasteiger charge is 2.08. The van der Waals surface area contributed by atoms with Crippen molar-refractivity contribution in [3.63, 3.8) is 0 Å². The van der Waals surface area contributed by atoms with Crippen LogP contribution < -0.4 is 15.4 Å². The summed E-state index contributed by atoms with van der Waals surface area (Å²) in [6.45, 7) is 1.39. The molecule has 0 unspecified atom stereocenters. The zero-order chi connectivity index (χ0) is 11.3. The van der Waals surface area contributed by atoms with Crippen molar-refractivity contribution in [3.05, 3.63) is 5.28 Å². The first kappa shape index (κ1) is 11.9. The fourth-order valence-corrected chi connectivity index (χ4v) is 1.16. The van der Waals surface area contributed by atoms with Gasteiger partial charge in [0.15, 0.2) is 0 Å². The summed E-state index contributed by atoms with van der Waals surface area (Å²) in [5, 5.41) is 0.122. The second-order valence-electron chi connectivity index (χ2n) is 2.95. The number of hydrogen-bond acceptors (Lipinski definition) is 6. The quantitative estimate of drug-likeness (QED) is 0.787. The minimum Gasteiger partial charge on any atom is -0.467 e. The molecule has 1 aromatic heterocycles. The van der Waals surface area contributed by atoms with Gasteiger partial charge >= 0.3 is 6.01 Å². The van der Waals surface area contributed by atoms with E-state index in [1.165, 1.54) is 7.11 Å². The molecule has 2 N–H and O–H groups in total. The summed E-state index contributed by atoms with van der Waals surface area (Å²) in [6, 6.07) is 0.213. The molecule has 0 radical (unpaired) electrons. The molecule has 0 bridgehead atoms. The normalized spacial score (nSPS) is 10.1. The smallest absolute Gasteiger partial charge is 0.322 e. The van der Waals surface area contributed by atoms with Crippen LogP contribution >= 0.6 is 11.6 Å². The van der Waals surface area contributed by atoms with Crippen LogP contribution in [-0.2, 0) is 0 Å². The molecule has 0 aliphatic carbocycles. The minimum atomic E-state index is 0.122. The molecule has 0 atom stereocenters. The molecular formula is C8H14ClN5O. The van der Waals surface area contributed by atoms with E-state index < -0.39 is 0 Å². The van der Waals surface area contributed by atoms with Crippen LogP contribution in [0.1, 0.15) is 6.42 Å². The van der Waals surface area contributed by atoms with Gasteiger partial charge in [0.05, 0.1) is 7.11 Å². The van der Waals surface area contributed by atoms with Crippen LogP contribution in [0.5, 0.6) is 6.01 Å². The van der Waals surface area contributed by atoms with Crippen molar-refractivity contribution >= 4 is 17.5 Å². The van der Waals surface area contributed by atoms with Crippen molar-refractivity contribution in [2.45, 2.75) is 6.42 Å². The van der Waals surface area contributed by atoms with Crippen LogP contribution in [0.25, 0.3) is 0 Å². The van der Waals surface area contributed by atoms with Crippen LogP contribution in [0.4, 0.5) is 5.95 Å². The molecule has 0 aliphatic rings. The van der Waals surface area contributed by atoms with E-state index >= 15 is 0 Å². The maximum Gasteiger partial charge on any atom is 0.322 e. The Hall–Kier alpha value is -1.14. The van der Waals surface area contributed by atoms with Crippen LogP contribution in [0, 0.1) is 0 Å². The third-order valence-electron chi connectivity index (χ3n) is 1.80. The van der Waals surface area contributed by atoms with E-state index in [9.17, 15) is 0 Å². The Balaban J connectivity index is 2.78.